The predicted molar refractivity (Wildman–Crippen MR) is 78.5 cm³/mol. The molecule has 0 aliphatic rings. The number of fused-ring (bicyclic) bond motifs is 1. The van der Waals surface area contributed by atoms with E-state index in [-0.39, 0.29) is 5.41 Å². The molecule has 5 heteroatoms. The van der Waals surface area contributed by atoms with E-state index in [4.69, 9.17) is 5.73 Å². The Hall–Kier alpha value is -2.43. The summed E-state index contributed by atoms with van der Waals surface area (Å²) in [5.41, 5.74) is 9.12. The largest absolute Gasteiger partial charge is 0.399 e. The number of aryl methyl sites for hydroxylation is 1. The van der Waals surface area contributed by atoms with Crippen LogP contribution in [0.5, 0.6) is 0 Å². The summed E-state index contributed by atoms with van der Waals surface area (Å²) >= 11 is 0. The van der Waals surface area contributed by atoms with Gasteiger partial charge in [-0.2, -0.15) is 0 Å². The maximum absolute atomic E-state index is 5.75. The second-order valence-electron chi connectivity index (χ2n) is 5.53. The zero-order valence-electron chi connectivity index (χ0n) is 11.8. The van der Waals surface area contributed by atoms with Gasteiger partial charge < -0.3 is 5.73 Å². The van der Waals surface area contributed by atoms with Gasteiger partial charge in [-0.25, -0.2) is 4.98 Å². The van der Waals surface area contributed by atoms with Crippen LogP contribution in [0.4, 0.5) is 5.69 Å². The lowest BCUT2D eigenvalue weighted by atomic mass is 9.83. The van der Waals surface area contributed by atoms with Gasteiger partial charge in [0.25, 0.3) is 0 Å². The Morgan fingerprint density at radius 3 is 2.50 bits per heavy atom. The molecule has 20 heavy (non-hydrogen) atoms. The summed E-state index contributed by atoms with van der Waals surface area (Å²) in [5.74, 6) is 0.866. The number of nitrogens with zero attached hydrogens (tertiary/aromatic N) is 4. The lowest BCUT2D eigenvalue weighted by molar-refractivity contribution is 0.581. The second kappa shape index (κ2) is 4.30. The van der Waals surface area contributed by atoms with Crippen molar-refractivity contribution in [3.8, 4) is 0 Å². The zero-order chi connectivity index (χ0) is 14.3. The van der Waals surface area contributed by atoms with Gasteiger partial charge in [-0.15, -0.1) is 10.2 Å². The molecular formula is C15H17N5. The Morgan fingerprint density at radius 2 is 1.80 bits per heavy atom. The molecule has 0 aliphatic carbocycles. The van der Waals surface area contributed by atoms with Gasteiger partial charge in [0, 0.05) is 17.4 Å². The first-order valence-corrected chi connectivity index (χ1v) is 6.52. The van der Waals surface area contributed by atoms with E-state index in [0.717, 1.165) is 28.4 Å². The Balaban J connectivity index is 2.15. The van der Waals surface area contributed by atoms with E-state index >= 15 is 0 Å². The van der Waals surface area contributed by atoms with Gasteiger partial charge in [0.2, 0.25) is 0 Å². The van der Waals surface area contributed by atoms with E-state index in [1.54, 1.807) is 6.33 Å². The molecule has 0 radical (unpaired) electrons. The SMILES string of the molecule is Cc1cc2nnc(C(C)(C)c3ccc(N)cc3)n2cn1. The number of nitrogens with two attached hydrogens (primary N) is 1. The van der Waals surface area contributed by atoms with Crippen molar-refractivity contribution < 1.29 is 0 Å². The Labute approximate surface area is 117 Å². The highest BCUT2D eigenvalue weighted by atomic mass is 15.3. The highest BCUT2D eigenvalue weighted by molar-refractivity contribution is 5.45. The van der Waals surface area contributed by atoms with Crippen LogP contribution in [0, 0.1) is 6.92 Å². The topological polar surface area (TPSA) is 69.1 Å². The van der Waals surface area contributed by atoms with Crippen LogP contribution >= 0.6 is 0 Å². The van der Waals surface area contributed by atoms with Crippen molar-refractivity contribution in [3.05, 3.63) is 53.7 Å². The van der Waals surface area contributed by atoms with Gasteiger partial charge in [0.15, 0.2) is 5.65 Å². The van der Waals surface area contributed by atoms with E-state index in [9.17, 15) is 0 Å². The molecule has 3 rings (SSSR count). The molecule has 0 aliphatic heterocycles. The first-order valence-electron chi connectivity index (χ1n) is 6.52. The maximum atomic E-state index is 5.75. The van der Waals surface area contributed by atoms with Crippen LogP contribution in [-0.4, -0.2) is 19.6 Å². The summed E-state index contributed by atoms with van der Waals surface area (Å²) in [6.07, 6.45) is 1.78. The first kappa shape index (κ1) is 12.6. The van der Waals surface area contributed by atoms with Crippen molar-refractivity contribution in [2.45, 2.75) is 26.2 Å². The number of nitrogen functional groups attached to an aromatic ring is 1. The number of hydrogen-bond acceptors (Lipinski definition) is 4. The van der Waals surface area contributed by atoms with Gasteiger partial charge in [0.05, 0.1) is 5.41 Å². The van der Waals surface area contributed by atoms with Crippen LogP contribution in [-0.2, 0) is 5.41 Å². The molecule has 102 valence electrons. The van der Waals surface area contributed by atoms with E-state index in [1.807, 2.05) is 41.7 Å². The monoisotopic (exact) mass is 267 g/mol. The highest BCUT2D eigenvalue weighted by Crippen LogP contribution is 2.30. The summed E-state index contributed by atoms with van der Waals surface area (Å²) in [6.45, 7) is 6.18. The summed E-state index contributed by atoms with van der Waals surface area (Å²) in [6, 6.07) is 9.79. The molecule has 0 fully saturated rings. The summed E-state index contributed by atoms with van der Waals surface area (Å²) in [5, 5.41) is 8.59. The minimum atomic E-state index is -0.274. The zero-order valence-corrected chi connectivity index (χ0v) is 11.8. The molecule has 0 atom stereocenters. The molecule has 0 unspecified atom stereocenters. The normalized spacial score (nSPS) is 11.9. The average molecular weight is 267 g/mol. The molecule has 0 saturated heterocycles. The third-order valence-corrected chi connectivity index (χ3v) is 3.63. The molecule has 5 nitrogen and oxygen atoms in total. The van der Waals surface area contributed by atoms with E-state index in [0.29, 0.717) is 0 Å². The molecule has 1 aromatic carbocycles. The van der Waals surface area contributed by atoms with Crippen LogP contribution < -0.4 is 5.73 Å². The molecular weight excluding hydrogens is 250 g/mol. The van der Waals surface area contributed by atoms with Crippen LogP contribution in [0.3, 0.4) is 0 Å². The van der Waals surface area contributed by atoms with Gasteiger partial charge >= 0.3 is 0 Å². The molecule has 0 bridgehead atoms. The van der Waals surface area contributed by atoms with Crippen LogP contribution in [0.1, 0.15) is 30.9 Å². The van der Waals surface area contributed by atoms with Crippen molar-refractivity contribution in [1.82, 2.24) is 19.6 Å². The smallest absolute Gasteiger partial charge is 0.163 e. The first-order chi connectivity index (χ1) is 9.48. The number of aromatic nitrogens is 4. The molecule has 2 aromatic heterocycles. The summed E-state index contributed by atoms with van der Waals surface area (Å²) in [7, 11) is 0. The van der Waals surface area contributed by atoms with Crippen LogP contribution in [0.2, 0.25) is 0 Å². The van der Waals surface area contributed by atoms with Crippen LogP contribution in [0.15, 0.2) is 36.7 Å². The van der Waals surface area contributed by atoms with Gasteiger partial charge in [0.1, 0.15) is 12.2 Å². The van der Waals surface area contributed by atoms with Gasteiger partial charge in [-0.05, 0) is 38.5 Å². The molecule has 2 N–H and O–H groups in total. The molecule has 3 aromatic rings. The minimum absolute atomic E-state index is 0.274. The number of benzene rings is 1. The molecule has 0 amide bonds. The van der Waals surface area contributed by atoms with Gasteiger partial charge in [-0.1, -0.05) is 12.1 Å². The minimum Gasteiger partial charge on any atom is -0.399 e. The second-order valence-corrected chi connectivity index (χ2v) is 5.53. The molecule has 0 spiro atoms. The standard InChI is InChI=1S/C15H17N5/c1-10-8-13-18-19-14(20(13)9-17-10)15(2,3)11-4-6-12(16)7-5-11/h4-9H,16H2,1-3H3. The van der Waals surface area contributed by atoms with Crippen molar-refractivity contribution in [1.29, 1.82) is 0 Å². The summed E-state index contributed by atoms with van der Waals surface area (Å²) in [4.78, 5) is 4.32. The van der Waals surface area contributed by atoms with Crippen molar-refractivity contribution in [2.24, 2.45) is 0 Å². The number of anilines is 1. The van der Waals surface area contributed by atoms with Crippen molar-refractivity contribution >= 4 is 11.3 Å². The number of hydrogen-bond donors (Lipinski definition) is 1. The fourth-order valence-corrected chi connectivity index (χ4v) is 2.34. The predicted octanol–water partition coefficient (Wildman–Crippen LogP) is 2.34. The van der Waals surface area contributed by atoms with Crippen LogP contribution in [0.25, 0.3) is 5.65 Å². The quantitative estimate of drug-likeness (QED) is 0.724. The lowest BCUT2D eigenvalue weighted by Gasteiger charge is -2.23. The molecule has 0 saturated carbocycles. The van der Waals surface area contributed by atoms with Gasteiger partial charge in [-0.3, -0.25) is 4.40 Å². The van der Waals surface area contributed by atoms with E-state index in [1.165, 1.54) is 0 Å². The van der Waals surface area contributed by atoms with E-state index in [2.05, 4.69) is 29.0 Å². The fraction of sp³-hybridized carbons (Fsp3) is 0.267. The summed E-state index contributed by atoms with van der Waals surface area (Å²) < 4.78 is 1.93. The Morgan fingerprint density at radius 1 is 1.10 bits per heavy atom. The Bertz CT molecular complexity index is 756. The number of rotatable bonds is 2. The van der Waals surface area contributed by atoms with Crippen molar-refractivity contribution in [3.63, 3.8) is 0 Å². The molecule has 2 heterocycles. The highest BCUT2D eigenvalue weighted by Gasteiger charge is 2.28. The van der Waals surface area contributed by atoms with Crippen molar-refractivity contribution in [2.75, 3.05) is 5.73 Å². The Kier molecular flexibility index (Phi) is 2.71. The lowest BCUT2D eigenvalue weighted by Crippen LogP contribution is -2.22. The average Bonchev–Trinajstić information content (AvgIpc) is 2.82. The third-order valence-electron chi connectivity index (χ3n) is 3.63. The third kappa shape index (κ3) is 1.91. The fourth-order valence-electron chi connectivity index (χ4n) is 2.34. The maximum Gasteiger partial charge on any atom is 0.163 e. The van der Waals surface area contributed by atoms with E-state index < -0.39 is 0 Å².